The number of hydrogen-bond acceptors (Lipinski definition) is 2. The first-order chi connectivity index (χ1) is 9.95. The molecule has 3 fully saturated rings. The summed E-state index contributed by atoms with van der Waals surface area (Å²) in [5, 5.41) is 0.572. The van der Waals surface area contributed by atoms with Gasteiger partial charge in [-0.1, -0.05) is 25.5 Å². The Kier molecular flexibility index (Phi) is 3.17. The number of ketones is 1. The molecule has 0 saturated heterocycles. The molecule has 0 aromatic carbocycles. The van der Waals surface area contributed by atoms with Crippen molar-refractivity contribution in [2.45, 2.75) is 70.5 Å². The number of hydrogen-bond donors (Lipinski definition) is 1. The van der Waals surface area contributed by atoms with E-state index in [4.69, 9.17) is 12.6 Å². The minimum Gasteiger partial charge on any atom is -0.299 e. The van der Waals surface area contributed by atoms with Crippen molar-refractivity contribution in [3.05, 3.63) is 11.6 Å². The van der Waals surface area contributed by atoms with E-state index in [9.17, 15) is 4.79 Å². The van der Waals surface area contributed by atoms with E-state index in [0.29, 0.717) is 22.4 Å². The zero-order valence-electron chi connectivity index (χ0n) is 13.4. The Labute approximate surface area is 134 Å². The zero-order valence-corrected chi connectivity index (χ0v) is 14.3. The van der Waals surface area contributed by atoms with Crippen molar-refractivity contribution in [2.75, 3.05) is 0 Å². The molecular formula is C19H28OS. The van der Waals surface area contributed by atoms with Crippen LogP contribution in [0.4, 0.5) is 0 Å². The second-order valence-corrected chi connectivity index (χ2v) is 9.30. The summed E-state index contributed by atoms with van der Waals surface area (Å²) >= 11 is 4.73. The zero-order chi connectivity index (χ0) is 14.8. The normalized spacial score (nSPS) is 52.7. The number of carbonyl (C=O) groups is 1. The van der Waals surface area contributed by atoms with Crippen LogP contribution in [-0.4, -0.2) is 11.0 Å². The monoisotopic (exact) mass is 304 g/mol. The van der Waals surface area contributed by atoms with Crippen molar-refractivity contribution in [3.8, 4) is 0 Å². The number of carbonyl (C=O) groups excluding carboxylic acids is 1. The van der Waals surface area contributed by atoms with Gasteiger partial charge in [-0.2, -0.15) is 12.6 Å². The average molecular weight is 304 g/mol. The molecule has 1 nitrogen and oxygen atoms in total. The molecule has 116 valence electrons. The van der Waals surface area contributed by atoms with Gasteiger partial charge >= 0.3 is 0 Å². The second kappa shape index (κ2) is 4.63. The molecule has 0 N–H and O–H groups in total. The summed E-state index contributed by atoms with van der Waals surface area (Å²) in [6.07, 6.45) is 12.0. The lowest BCUT2D eigenvalue weighted by molar-refractivity contribution is -0.131. The summed E-state index contributed by atoms with van der Waals surface area (Å²) in [5.74, 6) is 2.81. The lowest BCUT2D eigenvalue weighted by Gasteiger charge is -2.56. The van der Waals surface area contributed by atoms with Crippen molar-refractivity contribution >= 4 is 18.4 Å². The van der Waals surface area contributed by atoms with Gasteiger partial charge in [0.05, 0.1) is 0 Å². The molecule has 3 saturated carbocycles. The molecule has 0 bridgehead atoms. The molecule has 0 amide bonds. The minimum absolute atomic E-state index is 0.0175. The summed E-state index contributed by atoms with van der Waals surface area (Å²) in [7, 11) is 0. The van der Waals surface area contributed by atoms with Crippen LogP contribution in [0.1, 0.15) is 65.2 Å². The van der Waals surface area contributed by atoms with E-state index in [-0.39, 0.29) is 5.41 Å². The first-order valence-corrected chi connectivity index (χ1v) is 9.38. The first-order valence-electron chi connectivity index (χ1n) is 8.86. The Morgan fingerprint density at radius 2 is 1.81 bits per heavy atom. The minimum atomic E-state index is 0.0175. The van der Waals surface area contributed by atoms with Gasteiger partial charge in [0.25, 0.3) is 0 Å². The van der Waals surface area contributed by atoms with Crippen LogP contribution in [0.25, 0.3) is 0 Å². The molecule has 0 radical (unpaired) electrons. The fourth-order valence-corrected chi connectivity index (χ4v) is 6.74. The van der Waals surface area contributed by atoms with Gasteiger partial charge in [-0.15, -0.1) is 0 Å². The third-order valence-electron chi connectivity index (χ3n) is 7.79. The molecule has 2 heteroatoms. The lowest BCUT2D eigenvalue weighted by Crippen LogP contribution is -2.50. The van der Waals surface area contributed by atoms with Gasteiger partial charge in [0.1, 0.15) is 5.78 Å². The van der Waals surface area contributed by atoms with E-state index in [0.717, 1.165) is 31.1 Å². The number of rotatable bonds is 0. The smallest absolute Gasteiger partial charge is 0.139 e. The number of allylic oxidation sites excluding steroid dienone is 2. The van der Waals surface area contributed by atoms with Gasteiger partial charge in [-0.05, 0) is 68.1 Å². The highest BCUT2D eigenvalue weighted by Crippen LogP contribution is 2.64. The summed E-state index contributed by atoms with van der Waals surface area (Å²) in [5.41, 5.74) is 2.13. The molecule has 0 unspecified atom stereocenters. The van der Waals surface area contributed by atoms with Gasteiger partial charge in [0.2, 0.25) is 0 Å². The van der Waals surface area contributed by atoms with Crippen LogP contribution in [0.3, 0.4) is 0 Å². The summed E-state index contributed by atoms with van der Waals surface area (Å²) in [4.78, 5) is 12.4. The predicted molar refractivity (Wildman–Crippen MR) is 89.5 cm³/mol. The molecule has 0 spiro atoms. The molecule has 0 heterocycles. The van der Waals surface area contributed by atoms with Crippen LogP contribution in [0.15, 0.2) is 11.6 Å². The Hall–Kier alpha value is -0.240. The quantitative estimate of drug-likeness (QED) is 0.502. The Balaban J connectivity index is 1.69. The van der Waals surface area contributed by atoms with E-state index in [1.807, 2.05) is 0 Å². The van der Waals surface area contributed by atoms with Crippen molar-refractivity contribution in [1.82, 2.24) is 0 Å². The van der Waals surface area contributed by atoms with E-state index < -0.39 is 0 Å². The van der Waals surface area contributed by atoms with Crippen LogP contribution in [0, 0.1) is 28.6 Å². The third-order valence-corrected chi connectivity index (χ3v) is 8.23. The van der Waals surface area contributed by atoms with Gasteiger partial charge in [0, 0.05) is 17.1 Å². The van der Waals surface area contributed by atoms with Gasteiger partial charge < -0.3 is 0 Å². The van der Waals surface area contributed by atoms with Crippen LogP contribution in [0.5, 0.6) is 0 Å². The number of fused-ring (bicyclic) bond motifs is 5. The van der Waals surface area contributed by atoms with Crippen LogP contribution >= 0.6 is 12.6 Å². The number of thiol groups is 1. The van der Waals surface area contributed by atoms with Crippen molar-refractivity contribution in [2.24, 2.45) is 28.6 Å². The van der Waals surface area contributed by atoms with E-state index >= 15 is 0 Å². The molecular weight excluding hydrogens is 276 g/mol. The average Bonchev–Trinajstić information content (AvgIpc) is 2.76. The summed E-state index contributed by atoms with van der Waals surface area (Å²) in [6.45, 7) is 4.80. The molecule has 0 aromatic rings. The predicted octanol–water partition coefficient (Wildman–Crippen LogP) is 4.82. The van der Waals surface area contributed by atoms with Gasteiger partial charge in [-0.3, -0.25) is 4.79 Å². The van der Waals surface area contributed by atoms with Crippen molar-refractivity contribution < 1.29 is 4.79 Å². The van der Waals surface area contributed by atoms with Crippen LogP contribution < -0.4 is 0 Å². The molecule has 21 heavy (non-hydrogen) atoms. The summed E-state index contributed by atoms with van der Waals surface area (Å²) < 4.78 is 0. The fourth-order valence-electron chi connectivity index (χ4n) is 6.41. The third kappa shape index (κ3) is 1.87. The fraction of sp³-hybridized carbons (Fsp3) is 0.842. The maximum Gasteiger partial charge on any atom is 0.139 e. The lowest BCUT2D eigenvalue weighted by atomic mass is 9.48. The SMILES string of the molecule is C[C@]12CC[C@@H](S)CC1=CC[C@@H]1[C@@H]2CC[C@]2(C)C(=O)CC[C@@H]12. The Bertz CT molecular complexity index is 510. The van der Waals surface area contributed by atoms with E-state index in [2.05, 4.69) is 19.9 Å². The van der Waals surface area contributed by atoms with Gasteiger partial charge in [-0.25, -0.2) is 0 Å². The highest BCUT2D eigenvalue weighted by atomic mass is 32.1. The largest absolute Gasteiger partial charge is 0.299 e. The maximum absolute atomic E-state index is 12.4. The second-order valence-electron chi connectivity index (χ2n) is 8.57. The maximum atomic E-state index is 12.4. The van der Waals surface area contributed by atoms with Gasteiger partial charge in [0.15, 0.2) is 0 Å². The highest BCUT2D eigenvalue weighted by molar-refractivity contribution is 7.80. The van der Waals surface area contributed by atoms with Crippen molar-refractivity contribution in [1.29, 1.82) is 0 Å². The molecule has 4 aliphatic rings. The van der Waals surface area contributed by atoms with E-state index in [1.54, 1.807) is 5.57 Å². The molecule has 0 aliphatic heterocycles. The molecule has 4 aliphatic carbocycles. The molecule has 0 aromatic heterocycles. The summed E-state index contributed by atoms with van der Waals surface area (Å²) in [6, 6.07) is 0. The standard InChI is InChI=1S/C19H28OS/c1-18-9-7-13(21)11-12(18)3-4-14-15-5-6-17(20)19(15,2)10-8-16(14)18/h3,13-16,21H,4-11H2,1-2H3/t13-,14+,15+,16+,18+,19+/m1/s1. The first kappa shape index (κ1) is 14.4. The van der Waals surface area contributed by atoms with E-state index in [1.165, 1.54) is 32.1 Å². The number of Topliss-reactive ketones (excluding diaryl/α,β-unsaturated/α-hetero) is 1. The highest BCUT2D eigenvalue weighted by Gasteiger charge is 2.58. The molecule has 4 rings (SSSR count). The topological polar surface area (TPSA) is 17.1 Å². The van der Waals surface area contributed by atoms with Crippen molar-refractivity contribution in [3.63, 3.8) is 0 Å². The Morgan fingerprint density at radius 3 is 2.62 bits per heavy atom. The Morgan fingerprint density at radius 1 is 1.10 bits per heavy atom. The van der Waals surface area contributed by atoms with Crippen LogP contribution in [0.2, 0.25) is 0 Å². The van der Waals surface area contributed by atoms with Crippen LogP contribution in [-0.2, 0) is 4.79 Å². The molecule has 6 atom stereocenters.